The number of rotatable bonds is 5. The Morgan fingerprint density at radius 2 is 2.04 bits per heavy atom. The SMILES string of the molecule is COc1ccc(-c2nc(CC(=O)N3CCC4CCC(C3)N4)cs2)cc1OC. The van der Waals surface area contributed by atoms with E-state index in [0.717, 1.165) is 35.8 Å². The van der Waals surface area contributed by atoms with Gasteiger partial charge in [-0.15, -0.1) is 11.3 Å². The predicted molar refractivity (Wildman–Crippen MR) is 106 cm³/mol. The van der Waals surface area contributed by atoms with Gasteiger partial charge in [-0.1, -0.05) is 0 Å². The zero-order valence-electron chi connectivity index (χ0n) is 15.7. The van der Waals surface area contributed by atoms with Crippen molar-refractivity contribution in [3.8, 4) is 22.1 Å². The smallest absolute Gasteiger partial charge is 0.228 e. The molecule has 0 radical (unpaired) electrons. The van der Waals surface area contributed by atoms with Crippen molar-refractivity contribution < 1.29 is 14.3 Å². The van der Waals surface area contributed by atoms with Crippen LogP contribution in [-0.2, 0) is 11.2 Å². The van der Waals surface area contributed by atoms with Gasteiger partial charge in [0, 0.05) is 36.1 Å². The van der Waals surface area contributed by atoms with Crippen LogP contribution in [0.2, 0.25) is 0 Å². The minimum atomic E-state index is 0.175. The maximum Gasteiger partial charge on any atom is 0.228 e. The highest BCUT2D eigenvalue weighted by atomic mass is 32.1. The molecule has 0 aliphatic carbocycles. The summed E-state index contributed by atoms with van der Waals surface area (Å²) in [6.07, 6.45) is 3.83. The molecule has 2 atom stereocenters. The molecule has 1 amide bonds. The molecule has 1 aromatic carbocycles. The van der Waals surface area contributed by atoms with E-state index in [4.69, 9.17) is 9.47 Å². The third kappa shape index (κ3) is 3.94. The van der Waals surface area contributed by atoms with Gasteiger partial charge < -0.3 is 19.7 Å². The first-order valence-corrected chi connectivity index (χ1v) is 10.2. The van der Waals surface area contributed by atoms with Gasteiger partial charge in [-0.3, -0.25) is 4.79 Å². The summed E-state index contributed by atoms with van der Waals surface area (Å²) < 4.78 is 10.7. The monoisotopic (exact) mass is 387 g/mol. The van der Waals surface area contributed by atoms with Gasteiger partial charge in [0.25, 0.3) is 0 Å². The first-order chi connectivity index (χ1) is 13.2. The van der Waals surface area contributed by atoms with Crippen LogP contribution in [0.25, 0.3) is 10.6 Å². The van der Waals surface area contributed by atoms with E-state index in [1.807, 2.05) is 28.5 Å². The third-order valence-corrected chi connectivity index (χ3v) is 6.33. The standard InChI is InChI=1S/C20H25N3O3S/c1-25-17-6-3-13(9-18(17)26-2)20-22-16(12-27-20)10-19(24)23-8-7-14-4-5-15(11-23)21-14/h3,6,9,12,14-15,21H,4-5,7-8,10-11H2,1-2H3. The number of ether oxygens (including phenoxy) is 2. The van der Waals surface area contributed by atoms with Crippen molar-refractivity contribution in [2.45, 2.75) is 37.8 Å². The van der Waals surface area contributed by atoms with E-state index >= 15 is 0 Å². The Hall–Kier alpha value is -2.12. The average molecular weight is 388 g/mol. The normalized spacial score (nSPS) is 21.8. The van der Waals surface area contributed by atoms with Gasteiger partial charge in [-0.05, 0) is 37.5 Å². The number of nitrogens with one attached hydrogen (secondary N) is 1. The summed E-state index contributed by atoms with van der Waals surface area (Å²) in [6, 6.07) is 6.80. The number of carbonyl (C=O) groups is 1. The number of likely N-dealkylation sites (tertiary alicyclic amines) is 1. The Morgan fingerprint density at radius 1 is 1.22 bits per heavy atom. The lowest BCUT2D eigenvalue weighted by Gasteiger charge is -2.24. The van der Waals surface area contributed by atoms with E-state index in [-0.39, 0.29) is 5.91 Å². The van der Waals surface area contributed by atoms with Crippen LogP contribution < -0.4 is 14.8 Å². The Labute approximate surface area is 163 Å². The molecule has 2 saturated heterocycles. The van der Waals surface area contributed by atoms with Gasteiger partial charge in [-0.2, -0.15) is 0 Å². The van der Waals surface area contributed by atoms with Crippen molar-refractivity contribution in [3.63, 3.8) is 0 Å². The number of benzene rings is 1. The maximum absolute atomic E-state index is 12.8. The van der Waals surface area contributed by atoms with Gasteiger partial charge in [-0.25, -0.2) is 4.98 Å². The van der Waals surface area contributed by atoms with Gasteiger partial charge in [0.15, 0.2) is 11.5 Å². The molecule has 2 aromatic rings. The van der Waals surface area contributed by atoms with Gasteiger partial charge >= 0.3 is 0 Å². The molecule has 1 N–H and O–H groups in total. The van der Waals surface area contributed by atoms with Crippen LogP contribution in [0.1, 0.15) is 25.0 Å². The Bertz CT molecular complexity index is 823. The van der Waals surface area contributed by atoms with Crippen molar-refractivity contribution in [2.24, 2.45) is 0 Å². The van der Waals surface area contributed by atoms with E-state index < -0.39 is 0 Å². The quantitative estimate of drug-likeness (QED) is 0.855. The summed E-state index contributed by atoms with van der Waals surface area (Å²) in [4.78, 5) is 19.4. The van der Waals surface area contributed by atoms with Crippen LogP contribution >= 0.6 is 11.3 Å². The number of amides is 1. The van der Waals surface area contributed by atoms with Crippen LogP contribution in [0.4, 0.5) is 0 Å². The minimum Gasteiger partial charge on any atom is -0.493 e. The number of nitrogens with zero attached hydrogens (tertiary/aromatic N) is 2. The fraction of sp³-hybridized carbons (Fsp3) is 0.500. The van der Waals surface area contributed by atoms with Crippen LogP contribution in [0.5, 0.6) is 11.5 Å². The van der Waals surface area contributed by atoms with Crippen molar-refractivity contribution in [1.29, 1.82) is 0 Å². The molecule has 7 heteroatoms. The lowest BCUT2D eigenvalue weighted by molar-refractivity contribution is -0.130. The van der Waals surface area contributed by atoms with Crippen LogP contribution in [0.3, 0.4) is 0 Å². The molecule has 2 bridgehead atoms. The molecular formula is C20H25N3O3S. The van der Waals surface area contributed by atoms with E-state index in [9.17, 15) is 4.79 Å². The summed E-state index contributed by atoms with van der Waals surface area (Å²) in [5.41, 5.74) is 1.80. The summed E-state index contributed by atoms with van der Waals surface area (Å²) in [5.74, 6) is 1.54. The molecule has 27 heavy (non-hydrogen) atoms. The molecule has 144 valence electrons. The number of aromatic nitrogens is 1. The molecule has 0 saturated carbocycles. The highest BCUT2D eigenvalue weighted by molar-refractivity contribution is 7.13. The van der Waals surface area contributed by atoms with E-state index in [2.05, 4.69) is 10.3 Å². The average Bonchev–Trinajstić information content (AvgIpc) is 3.27. The number of carbonyl (C=O) groups excluding carboxylic acids is 1. The van der Waals surface area contributed by atoms with Crippen LogP contribution in [0, 0.1) is 0 Å². The minimum absolute atomic E-state index is 0.175. The maximum atomic E-state index is 12.8. The van der Waals surface area contributed by atoms with Crippen molar-refractivity contribution in [2.75, 3.05) is 27.3 Å². The van der Waals surface area contributed by atoms with E-state index in [1.165, 1.54) is 12.8 Å². The second-order valence-corrected chi connectivity index (χ2v) is 8.01. The summed E-state index contributed by atoms with van der Waals surface area (Å²) in [7, 11) is 3.24. The lowest BCUT2D eigenvalue weighted by Crippen LogP contribution is -2.39. The highest BCUT2D eigenvalue weighted by Gasteiger charge is 2.31. The number of thiazole rings is 1. The van der Waals surface area contributed by atoms with Crippen molar-refractivity contribution in [3.05, 3.63) is 29.3 Å². The summed E-state index contributed by atoms with van der Waals surface area (Å²) >= 11 is 1.55. The van der Waals surface area contributed by atoms with Gasteiger partial charge in [0.1, 0.15) is 5.01 Å². The number of hydrogen-bond acceptors (Lipinski definition) is 6. The fourth-order valence-corrected chi connectivity index (χ4v) is 4.74. The van der Waals surface area contributed by atoms with E-state index in [1.54, 1.807) is 25.6 Å². The first-order valence-electron chi connectivity index (χ1n) is 9.37. The van der Waals surface area contributed by atoms with Gasteiger partial charge in [0.2, 0.25) is 5.91 Å². The zero-order chi connectivity index (χ0) is 18.8. The molecule has 2 aliphatic rings. The first kappa shape index (κ1) is 18.3. The molecule has 2 unspecified atom stereocenters. The molecule has 2 fully saturated rings. The molecule has 3 heterocycles. The third-order valence-electron chi connectivity index (χ3n) is 5.39. The Balaban J connectivity index is 1.44. The largest absolute Gasteiger partial charge is 0.493 e. The van der Waals surface area contributed by atoms with Crippen molar-refractivity contribution >= 4 is 17.2 Å². The zero-order valence-corrected chi connectivity index (χ0v) is 16.6. The molecule has 2 aliphatic heterocycles. The summed E-state index contributed by atoms with van der Waals surface area (Å²) in [6.45, 7) is 1.67. The molecule has 0 spiro atoms. The second kappa shape index (κ2) is 7.86. The molecule has 1 aromatic heterocycles. The number of fused-ring (bicyclic) bond motifs is 2. The number of methoxy groups -OCH3 is 2. The topological polar surface area (TPSA) is 63.7 Å². The molecular weight excluding hydrogens is 362 g/mol. The predicted octanol–water partition coefficient (Wildman–Crippen LogP) is 2.72. The second-order valence-electron chi connectivity index (χ2n) is 7.16. The fourth-order valence-electron chi connectivity index (χ4n) is 3.93. The van der Waals surface area contributed by atoms with Gasteiger partial charge in [0.05, 0.1) is 26.3 Å². The van der Waals surface area contributed by atoms with Crippen LogP contribution in [0.15, 0.2) is 23.6 Å². The Morgan fingerprint density at radius 3 is 2.85 bits per heavy atom. The van der Waals surface area contributed by atoms with Crippen LogP contribution in [-0.4, -0.2) is 55.2 Å². The highest BCUT2D eigenvalue weighted by Crippen LogP contribution is 2.33. The number of hydrogen-bond donors (Lipinski definition) is 1. The summed E-state index contributed by atoms with van der Waals surface area (Å²) in [5, 5.41) is 6.48. The molecule has 6 nitrogen and oxygen atoms in total. The van der Waals surface area contributed by atoms with E-state index in [0.29, 0.717) is 30.0 Å². The Kier molecular flexibility index (Phi) is 5.31. The van der Waals surface area contributed by atoms with Crippen molar-refractivity contribution in [1.82, 2.24) is 15.2 Å². The lowest BCUT2D eigenvalue weighted by atomic mass is 10.1. The molecule has 4 rings (SSSR count).